The van der Waals surface area contributed by atoms with Crippen molar-refractivity contribution in [2.24, 2.45) is 11.6 Å². The van der Waals surface area contributed by atoms with Crippen molar-refractivity contribution in [1.82, 2.24) is 10.3 Å². The fraction of sp³-hybridized carbons (Fsp3) is 0.474. The van der Waals surface area contributed by atoms with Crippen molar-refractivity contribution in [3.63, 3.8) is 0 Å². The summed E-state index contributed by atoms with van der Waals surface area (Å²) in [5, 5.41) is 13.2. The zero-order valence-corrected chi connectivity index (χ0v) is 17.8. The molecule has 0 radical (unpaired) electrons. The maximum absolute atomic E-state index is 14.9. The Labute approximate surface area is 184 Å². The molecule has 0 spiro atoms. The first-order valence-electron chi connectivity index (χ1n) is 9.69. The van der Waals surface area contributed by atoms with E-state index < -0.39 is 23.6 Å². The summed E-state index contributed by atoms with van der Waals surface area (Å²) in [5.41, 5.74) is 5.27. The summed E-state index contributed by atoms with van der Waals surface area (Å²) in [7, 11) is 0. The molecule has 2 amide bonds. The number of cyclic esters (lactones) is 1. The van der Waals surface area contributed by atoms with Crippen LogP contribution >= 0.6 is 12.2 Å². The lowest BCUT2D eigenvalue weighted by molar-refractivity contribution is -0.119. The predicted molar refractivity (Wildman–Crippen MR) is 115 cm³/mol. The number of hydrogen-bond acceptors (Lipinski definition) is 7. The molecule has 0 aromatic heterocycles. The van der Waals surface area contributed by atoms with Gasteiger partial charge in [-0.2, -0.15) is 5.26 Å². The van der Waals surface area contributed by atoms with Crippen LogP contribution < -0.4 is 26.7 Å². The van der Waals surface area contributed by atoms with Gasteiger partial charge in [-0.15, -0.1) is 0 Å². The van der Waals surface area contributed by atoms with Crippen LogP contribution in [0.5, 0.6) is 0 Å². The van der Waals surface area contributed by atoms with Crippen LogP contribution in [0.15, 0.2) is 18.2 Å². The first-order chi connectivity index (χ1) is 14.7. The van der Waals surface area contributed by atoms with Crippen molar-refractivity contribution >= 4 is 40.7 Å². The molecule has 2 aliphatic heterocycles. The minimum absolute atomic E-state index is 0.0696. The summed E-state index contributed by atoms with van der Waals surface area (Å²) in [6, 6.07) is 6.68. The van der Waals surface area contributed by atoms with Crippen LogP contribution in [0, 0.1) is 17.1 Å². The molecule has 2 fully saturated rings. The van der Waals surface area contributed by atoms with E-state index in [0.717, 1.165) is 5.01 Å². The number of nitrogens with one attached hydrogen (secondary N) is 1. The number of carbonyl (C=O) groups is 2. The normalized spacial score (nSPS) is 20.1. The highest BCUT2D eigenvalue weighted by atomic mass is 32.1. The highest BCUT2D eigenvalue weighted by Crippen LogP contribution is 2.33. The van der Waals surface area contributed by atoms with Gasteiger partial charge in [0.1, 0.15) is 17.5 Å². The maximum Gasteiger partial charge on any atom is 0.414 e. The van der Waals surface area contributed by atoms with E-state index in [4.69, 9.17) is 28.5 Å². The molecular formula is C19H24FN7O3S. The fourth-order valence-electron chi connectivity index (χ4n) is 3.75. The second-order valence-corrected chi connectivity index (χ2v) is 7.95. The van der Waals surface area contributed by atoms with E-state index in [1.165, 1.54) is 17.9 Å². The third-order valence-electron chi connectivity index (χ3n) is 5.53. The number of rotatable bonds is 5. The molecule has 2 saturated heterocycles. The molecule has 166 valence electrons. The van der Waals surface area contributed by atoms with E-state index in [-0.39, 0.29) is 24.1 Å². The Morgan fingerprint density at radius 2 is 2.16 bits per heavy atom. The van der Waals surface area contributed by atoms with Gasteiger partial charge in [-0.25, -0.2) is 15.0 Å². The van der Waals surface area contributed by atoms with E-state index in [1.54, 1.807) is 12.1 Å². The van der Waals surface area contributed by atoms with Crippen LogP contribution in [-0.2, 0) is 9.53 Å². The molecule has 1 aromatic carbocycles. The molecule has 0 saturated carbocycles. The van der Waals surface area contributed by atoms with Gasteiger partial charge in [0.15, 0.2) is 5.11 Å². The molecule has 0 bridgehead atoms. The lowest BCUT2D eigenvalue weighted by Gasteiger charge is -2.43. The predicted octanol–water partition coefficient (Wildman–Crippen LogP) is 0.569. The van der Waals surface area contributed by atoms with Crippen LogP contribution in [0.4, 0.5) is 20.6 Å². The summed E-state index contributed by atoms with van der Waals surface area (Å²) in [6.07, 6.45) is -0.433. The van der Waals surface area contributed by atoms with Crippen LogP contribution in [0.1, 0.15) is 19.8 Å². The number of halogens is 1. The summed E-state index contributed by atoms with van der Waals surface area (Å²) < 4.78 is 20.1. The molecule has 10 nitrogen and oxygen atoms in total. The largest absolute Gasteiger partial charge is 0.442 e. The SMILES string of the molecule is CC(=O)NC[C@H]1CN(c2ccc(N3CCC(C#N)(N(N)C(N)=S)CC3)c(F)c2)C(=O)O1. The van der Waals surface area contributed by atoms with Gasteiger partial charge in [0.25, 0.3) is 0 Å². The van der Waals surface area contributed by atoms with E-state index >= 15 is 0 Å². The summed E-state index contributed by atoms with van der Waals surface area (Å²) in [6.45, 7) is 2.53. The smallest absolute Gasteiger partial charge is 0.414 e. The third kappa shape index (κ3) is 4.62. The highest BCUT2D eigenvalue weighted by molar-refractivity contribution is 7.80. The number of thiocarbonyl (C=S) groups is 1. The van der Waals surface area contributed by atoms with Gasteiger partial charge in [0.05, 0.1) is 30.5 Å². The zero-order valence-electron chi connectivity index (χ0n) is 17.0. The number of nitrogens with two attached hydrogens (primary N) is 2. The third-order valence-corrected chi connectivity index (χ3v) is 5.73. The molecule has 5 N–H and O–H groups in total. The Hall–Kier alpha value is -3.17. The number of nitrogens with zero attached hydrogens (tertiary/aromatic N) is 4. The van der Waals surface area contributed by atoms with Crippen LogP contribution in [0.25, 0.3) is 0 Å². The van der Waals surface area contributed by atoms with Gasteiger partial charge in [0, 0.05) is 32.9 Å². The summed E-state index contributed by atoms with van der Waals surface area (Å²) in [4.78, 5) is 26.3. The number of benzene rings is 1. The van der Waals surface area contributed by atoms with Crippen molar-refractivity contribution in [3.8, 4) is 6.07 Å². The van der Waals surface area contributed by atoms with Gasteiger partial charge in [-0.1, -0.05) is 0 Å². The summed E-state index contributed by atoms with van der Waals surface area (Å²) >= 11 is 4.89. The van der Waals surface area contributed by atoms with Crippen molar-refractivity contribution in [3.05, 3.63) is 24.0 Å². The number of hydrogen-bond donors (Lipinski definition) is 3. The van der Waals surface area contributed by atoms with Crippen molar-refractivity contribution in [2.75, 3.05) is 36.0 Å². The topological polar surface area (TPSA) is 141 Å². The number of piperidine rings is 1. The van der Waals surface area contributed by atoms with E-state index in [0.29, 0.717) is 37.3 Å². The van der Waals surface area contributed by atoms with Gasteiger partial charge in [-0.3, -0.25) is 14.7 Å². The van der Waals surface area contributed by atoms with Gasteiger partial charge < -0.3 is 20.7 Å². The summed E-state index contributed by atoms with van der Waals surface area (Å²) in [5.74, 6) is 5.16. The molecule has 3 rings (SSSR count). The molecule has 2 aliphatic rings. The molecular weight excluding hydrogens is 425 g/mol. The number of amides is 2. The van der Waals surface area contributed by atoms with Crippen molar-refractivity contribution in [1.29, 1.82) is 5.26 Å². The standard InChI is InChI=1S/C19H24FN7O3S/c1-12(28)24-9-14-10-26(18(29)30-14)13-2-3-16(15(20)8-13)25-6-4-19(11-21,5-7-25)27(23)17(22)31/h2-3,8,14H,4-7,9-10,23H2,1H3,(H2,22,31)(H,24,28)/t14-/m0/s1. The average molecular weight is 450 g/mol. The number of carbonyl (C=O) groups excluding carboxylic acids is 2. The Morgan fingerprint density at radius 3 is 2.71 bits per heavy atom. The minimum Gasteiger partial charge on any atom is -0.442 e. The number of nitriles is 1. The Kier molecular flexibility index (Phi) is 6.47. The Balaban J connectivity index is 1.68. The average Bonchev–Trinajstić information content (AvgIpc) is 3.12. The molecule has 0 unspecified atom stereocenters. The lowest BCUT2D eigenvalue weighted by Crippen LogP contribution is -2.61. The minimum atomic E-state index is -1.03. The van der Waals surface area contributed by atoms with Crippen LogP contribution in [0.3, 0.4) is 0 Å². The van der Waals surface area contributed by atoms with E-state index in [9.17, 15) is 19.2 Å². The van der Waals surface area contributed by atoms with Gasteiger partial charge in [0.2, 0.25) is 5.91 Å². The number of anilines is 2. The monoisotopic (exact) mass is 449 g/mol. The quantitative estimate of drug-likeness (QED) is 0.334. The second kappa shape index (κ2) is 8.91. The van der Waals surface area contributed by atoms with E-state index in [2.05, 4.69) is 11.4 Å². The van der Waals surface area contributed by atoms with Crippen LogP contribution in [-0.4, -0.2) is 59.9 Å². The lowest BCUT2D eigenvalue weighted by atomic mass is 9.88. The Morgan fingerprint density at radius 1 is 1.48 bits per heavy atom. The first kappa shape index (κ1) is 22.5. The van der Waals surface area contributed by atoms with Gasteiger partial charge in [-0.05, 0) is 30.4 Å². The number of hydrazine groups is 1. The highest BCUT2D eigenvalue weighted by Gasteiger charge is 2.41. The fourth-order valence-corrected chi connectivity index (χ4v) is 3.93. The molecule has 1 atom stereocenters. The Bertz CT molecular complexity index is 930. The molecule has 1 aromatic rings. The molecule has 12 heteroatoms. The zero-order chi connectivity index (χ0) is 22.8. The van der Waals surface area contributed by atoms with Crippen LogP contribution in [0.2, 0.25) is 0 Å². The molecule has 2 heterocycles. The van der Waals surface area contributed by atoms with Crippen molar-refractivity contribution in [2.45, 2.75) is 31.4 Å². The maximum atomic E-state index is 14.9. The van der Waals surface area contributed by atoms with Crippen molar-refractivity contribution < 1.29 is 18.7 Å². The molecule has 0 aliphatic carbocycles. The second-order valence-electron chi connectivity index (χ2n) is 7.53. The van der Waals surface area contributed by atoms with Gasteiger partial charge >= 0.3 is 6.09 Å². The number of ether oxygens (including phenoxy) is 1. The van der Waals surface area contributed by atoms with E-state index in [1.807, 2.05) is 4.90 Å². The first-order valence-corrected chi connectivity index (χ1v) is 10.1. The molecule has 31 heavy (non-hydrogen) atoms.